The molecule has 106 valence electrons. The predicted molar refractivity (Wildman–Crippen MR) is 74.6 cm³/mol. The highest BCUT2D eigenvalue weighted by atomic mass is 16.5. The molecule has 19 heavy (non-hydrogen) atoms. The third kappa shape index (κ3) is 3.93. The molecule has 1 aromatic rings. The molecule has 0 aliphatic carbocycles. The van der Waals surface area contributed by atoms with E-state index < -0.39 is 0 Å². The van der Waals surface area contributed by atoms with E-state index in [4.69, 9.17) is 9.47 Å². The lowest BCUT2D eigenvalue weighted by Gasteiger charge is -2.37. The molecule has 0 spiro atoms. The number of hydrogen-bond acceptors (Lipinski definition) is 4. The minimum Gasteiger partial charge on any atom is -0.497 e. The molecule has 0 saturated carbocycles. The van der Waals surface area contributed by atoms with Gasteiger partial charge in [-0.25, -0.2) is 0 Å². The highest BCUT2D eigenvalue weighted by Gasteiger charge is 2.24. The van der Waals surface area contributed by atoms with E-state index in [9.17, 15) is 5.11 Å². The molecular weight excluding hydrogens is 242 g/mol. The maximum absolute atomic E-state index is 9.17. The Labute approximate surface area is 114 Å². The largest absolute Gasteiger partial charge is 0.497 e. The SMILES string of the molecule is COc1ccc(CCN2CC(CO)OCC2C)cc1. The third-order valence-corrected chi connectivity index (χ3v) is 3.69. The van der Waals surface area contributed by atoms with Gasteiger partial charge in [-0.3, -0.25) is 4.90 Å². The molecule has 0 aromatic heterocycles. The maximum Gasteiger partial charge on any atom is 0.118 e. The first-order valence-electron chi connectivity index (χ1n) is 6.82. The molecule has 1 heterocycles. The molecule has 1 N–H and O–H groups in total. The Morgan fingerprint density at radius 1 is 1.37 bits per heavy atom. The van der Waals surface area contributed by atoms with Gasteiger partial charge in [-0.1, -0.05) is 12.1 Å². The predicted octanol–water partition coefficient (Wildman–Crippen LogP) is 1.32. The first kappa shape index (κ1) is 14.3. The van der Waals surface area contributed by atoms with Crippen LogP contribution in [0, 0.1) is 0 Å². The molecule has 1 fully saturated rings. The van der Waals surface area contributed by atoms with Crippen LogP contribution in [-0.4, -0.2) is 55.6 Å². The lowest BCUT2D eigenvalue weighted by molar-refractivity contribution is -0.0773. The molecule has 0 bridgehead atoms. The molecule has 2 atom stereocenters. The topological polar surface area (TPSA) is 41.9 Å². The molecule has 0 amide bonds. The minimum absolute atomic E-state index is 0.0351. The van der Waals surface area contributed by atoms with Gasteiger partial charge in [0.15, 0.2) is 0 Å². The zero-order valence-electron chi connectivity index (χ0n) is 11.7. The summed E-state index contributed by atoms with van der Waals surface area (Å²) in [5.74, 6) is 0.892. The molecule has 4 heteroatoms. The van der Waals surface area contributed by atoms with Gasteiger partial charge in [-0.15, -0.1) is 0 Å². The third-order valence-electron chi connectivity index (χ3n) is 3.69. The van der Waals surface area contributed by atoms with Crippen molar-refractivity contribution >= 4 is 0 Å². The summed E-state index contributed by atoms with van der Waals surface area (Å²) >= 11 is 0. The molecule has 4 nitrogen and oxygen atoms in total. The summed E-state index contributed by atoms with van der Waals surface area (Å²) < 4.78 is 10.7. The van der Waals surface area contributed by atoms with Crippen molar-refractivity contribution in [3.63, 3.8) is 0 Å². The van der Waals surface area contributed by atoms with Crippen molar-refractivity contribution in [2.75, 3.05) is 33.4 Å². The van der Waals surface area contributed by atoms with Crippen LogP contribution in [-0.2, 0) is 11.2 Å². The van der Waals surface area contributed by atoms with Crippen LogP contribution < -0.4 is 4.74 Å². The number of aliphatic hydroxyl groups excluding tert-OH is 1. The quantitative estimate of drug-likeness (QED) is 0.872. The number of ether oxygens (including phenoxy) is 2. The molecule has 1 saturated heterocycles. The van der Waals surface area contributed by atoms with E-state index in [-0.39, 0.29) is 12.7 Å². The first-order valence-corrected chi connectivity index (χ1v) is 6.82. The van der Waals surface area contributed by atoms with Crippen molar-refractivity contribution in [2.45, 2.75) is 25.5 Å². The van der Waals surface area contributed by atoms with Crippen LogP contribution in [0.1, 0.15) is 12.5 Å². The fraction of sp³-hybridized carbons (Fsp3) is 0.600. The minimum atomic E-state index is -0.0351. The number of nitrogens with zero attached hydrogens (tertiary/aromatic N) is 1. The molecule has 2 rings (SSSR count). The second-order valence-corrected chi connectivity index (χ2v) is 5.08. The molecular formula is C15H23NO3. The number of hydrogen-bond donors (Lipinski definition) is 1. The zero-order chi connectivity index (χ0) is 13.7. The standard InChI is InChI=1S/C15H23NO3/c1-12-11-19-15(10-17)9-16(12)8-7-13-3-5-14(18-2)6-4-13/h3-6,12,15,17H,7-11H2,1-2H3. The second-order valence-electron chi connectivity index (χ2n) is 5.08. The fourth-order valence-corrected chi connectivity index (χ4v) is 2.36. The monoisotopic (exact) mass is 265 g/mol. The van der Waals surface area contributed by atoms with Gasteiger partial charge < -0.3 is 14.6 Å². The van der Waals surface area contributed by atoms with Crippen molar-refractivity contribution in [1.29, 1.82) is 0 Å². The Bertz CT molecular complexity index is 379. The van der Waals surface area contributed by atoms with Gasteiger partial charge in [0.1, 0.15) is 5.75 Å². The molecule has 1 aliphatic rings. The van der Waals surface area contributed by atoms with Crippen LogP contribution in [0.2, 0.25) is 0 Å². The summed E-state index contributed by atoms with van der Waals surface area (Å²) in [5.41, 5.74) is 1.31. The van der Waals surface area contributed by atoms with Gasteiger partial charge in [0.05, 0.1) is 26.4 Å². The Morgan fingerprint density at radius 2 is 2.11 bits per heavy atom. The van der Waals surface area contributed by atoms with E-state index in [2.05, 4.69) is 24.0 Å². The van der Waals surface area contributed by atoms with Gasteiger partial charge in [0.25, 0.3) is 0 Å². The molecule has 1 aliphatic heterocycles. The second kappa shape index (κ2) is 6.89. The summed E-state index contributed by atoms with van der Waals surface area (Å²) in [6, 6.07) is 8.62. The average molecular weight is 265 g/mol. The highest BCUT2D eigenvalue weighted by molar-refractivity contribution is 5.27. The van der Waals surface area contributed by atoms with Crippen molar-refractivity contribution in [3.8, 4) is 5.75 Å². The lowest BCUT2D eigenvalue weighted by atomic mass is 10.1. The Balaban J connectivity index is 1.85. The summed E-state index contributed by atoms with van der Waals surface area (Å²) in [7, 11) is 1.68. The molecule has 2 unspecified atom stereocenters. The first-order chi connectivity index (χ1) is 9.22. The Morgan fingerprint density at radius 3 is 2.74 bits per heavy atom. The smallest absolute Gasteiger partial charge is 0.118 e. The van der Waals surface area contributed by atoms with Crippen molar-refractivity contribution in [2.24, 2.45) is 0 Å². The number of methoxy groups -OCH3 is 1. The highest BCUT2D eigenvalue weighted by Crippen LogP contribution is 2.15. The van der Waals surface area contributed by atoms with E-state index in [1.807, 2.05) is 12.1 Å². The van der Waals surface area contributed by atoms with Crippen LogP contribution in [0.5, 0.6) is 5.75 Å². The molecule has 1 aromatic carbocycles. The van der Waals surface area contributed by atoms with Crippen molar-refractivity contribution < 1.29 is 14.6 Å². The summed E-state index contributed by atoms with van der Waals surface area (Å²) in [5, 5.41) is 9.17. The summed E-state index contributed by atoms with van der Waals surface area (Å²) in [6.07, 6.45) is 0.971. The number of aliphatic hydroxyl groups is 1. The molecule has 0 radical (unpaired) electrons. The van der Waals surface area contributed by atoms with E-state index in [0.717, 1.165) is 25.3 Å². The van der Waals surface area contributed by atoms with Crippen LogP contribution in [0.15, 0.2) is 24.3 Å². The van der Waals surface area contributed by atoms with Crippen molar-refractivity contribution in [1.82, 2.24) is 4.90 Å². The fourth-order valence-electron chi connectivity index (χ4n) is 2.36. The zero-order valence-corrected chi connectivity index (χ0v) is 11.7. The van der Waals surface area contributed by atoms with E-state index in [0.29, 0.717) is 12.6 Å². The number of rotatable bonds is 5. The lowest BCUT2D eigenvalue weighted by Crippen LogP contribution is -2.50. The Kier molecular flexibility index (Phi) is 5.19. The van der Waals surface area contributed by atoms with E-state index in [1.54, 1.807) is 7.11 Å². The average Bonchev–Trinajstić information content (AvgIpc) is 2.47. The van der Waals surface area contributed by atoms with Crippen LogP contribution >= 0.6 is 0 Å². The van der Waals surface area contributed by atoms with Gasteiger partial charge >= 0.3 is 0 Å². The van der Waals surface area contributed by atoms with Crippen LogP contribution in [0.4, 0.5) is 0 Å². The Hall–Kier alpha value is -1.10. The van der Waals surface area contributed by atoms with E-state index in [1.165, 1.54) is 5.56 Å². The van der Waals surface area contributed by atoms with Crippen molar-refractivity contribution in [3.05, 3.63) is 29.8 Å². The summed E-state index contributed by atoms with van der Waals surface area (Å²) in [4.78, 5) is 2.38. The van der Waals surface area contributed by atoms with E-state index >= 15 is 0 Å². The number of morpholine rings is 1. The number of benzene rings is 1. The van der Waals surface area contributed by atoms with Gasteiger partial charge in [-0.2, -0.15) is 0 Å². The van der Waals surface area contributed by atoms with Crippen LogP contribution in [0.25, 0.3) is 0 Å². The normalized spacial score (nSPS) is 24.4. The van der Waals surface area contributed by atoms with Crippen LogP contribution in [0.3, 0.4) is 0 Å². The van der Waals surface area contributed by atoms with Gasteiger partial charge in [0, 0.05) is 19.1 Å². The van der Waals surface area contributed by atoms with Gasteiger partial charge in [-0.05, 0) is 31.0 Å². The maximum atomic E-state index is 9.17. The van der Waals surface area contributed by atoms with Gasteiger partial charge in [0.2, 0.25) is 0 Å². The summed E-state index contributed by atoms with van der Waals surface area (Å²) in [6.45, 7) is 4.78.